The molecule has 0 amide bonds. The van der Waals surface area contributed by atoms with Crippen LogP contribution >= 0.6 is 82.6 Å². The van der Waals surface area contributed by atoms with Gasteiger partial charge in [0.25, 0.3) is 0 Å². The maximum absolute atomic E-state index is 11.2. The van der Waals surface area contributed by atoms with E-state index in [-0.39, 0.29) is 139 Å². The van der Waals surface area contributed by atoms with Gasteiger partial charge in [0.2, 0.25) is 23.5 Å². The van der Waals surface area contributed by atoms with Crippen LogP contribution in [0, 0.1) is 0 Å². The number of aliphatic hydroxyl groups excluding tert-OH is 1. The summed E-state index contributed by atoms with van der Waals surface area (Å²) < 4.78 is 21.3. The number of carbonyl (C=O) groups is 9. The van der Waals surface area contributed by atoms with Crippen LogP contribution in [0.15, 0.2) is 69.6 Å². The molecule has 0 radical (unpaired) electrons. The summed E-state index contributed by atoms with van der Waals surface area (Å²) in [5.41, 5.74) is 19.5. The first-order valence-corrected chi connectivity index (χ1v) is 29.4. The number of fused-ring (bicyclic) bond motifs is 4. The first-order chi connectivity index (χ1) is 44.1. The van der Waals surface area contributed by atoms with Gasteiger partial charge in [-0.15, -0.1) is 0 Å². The van der Waals surface area contributed by atoms with Gasteiger partial charge in [0.15, 0.2) is 58.4 Å². The monoisotopic (exact) mass is 1530 g/mol. The predicted molar refractivity (Wildman–Crippen MR) is 336 cm³/mol. The van der Waals surface area contributed by atoms with E-state index in [9.17, 15) is 43.2 Å². The molecule has 484 valence electrons. The molecular formula is C54H47Br3Cl3N19O14. The summed E-state index contributed by atoms with van der Waals surface area (Å²) in [5.74, 6) is 1.42. The lowest BCUT2D eigenvalue weighted by Gasteiger charge is -2.15. The summed E-state index contributed by atoms with van der Waals surface area (Å²) in [5, 5.41) is 9.74. The first-order valence-electron chi connectivity index (χ1n) is 25.9. The predicted octanol–water partition coefficient (Wildman–Crippen LogP) is 4.94. The molecule has 0 bridgehead atoms. The van der Waals surface area contributed by atoms with Crippen molar-refractivity contribution in [1.29, 1.82) is 0 Å². The molecule has 8 aromatic heterocycles. The van der Waals surface area contributed by atoms with E-state index in [0.29, 0.717) is 99.1 Å². The second-order valence-electron chi connectivity index (χ2n) is 18.1. The highest BCUT2D eigenvalue weighted by Gasteiger charge is 2.25. The van der Waals surface area contributed by atoms with Gasteiger partial charge in [-0.1, -0.05) is 34.8 Å². The maximum Gasteiger partial charge on any atom is 0.237 e. The number of anilines is 3. The van der Waals surface area contributed by atoms with E-state index in [1.54, 1.807) is 0 Å². The van der Waals surface area contributed by atoms with Crippen molar-refractivity contribution in [3.63, 3.8) is 0 Å². The minimum absolute atomic E-state index is 0.0168. The lowest BCUT2D eigenvalue weighted by atomic mass is 10.2. The number of Topliss-reactive ketones (excluding diaryl/α,β-unsaturated/α-hetero) is 8. The van der Waals surface area contributed by atoms with Crippen LogP contribution in [-0.2, 0) is 51.5 Å². The Hall–Kier alpha value is -9.46. The Morgan fingerprint density at radius 3 is 1.30 bits per heavy atom. The number of nitrogen functional groups attached to an aromatic ring is 3. The molecule has 8 aromatic rings. The molecule has 7 N–H and O–H groups in total. The number of aromatic nitrogens is 16. The van der Waals surface area contributed by atoms with E-state index in [0.717, 1.165) is 0 Å². The van der Waals surface area contributed by atoms with Crippen molar-refractivity contribution in [2.45, 2.75) is 60.0 Å². The molecule has 4 aliphatic rings. The number of carbonyl (C=O) groups excluding carboxylic acids is 9. The summed E-state index contributed by atoms with van der Waals surface area (Å²) in [6.07, 6.45) is 14.0. The lowest BCUT2D eigenvalue weighted by Crippen LogP contribution is -2.23. The topological polar surface area (TPSA) is 495 Å². The number of nitrogens with zero attached hydrogens (tertiary/aromatic N) is 16. The smallest absolute Gasteiger partial charge is 0.237 e. The lowest BCUT2D eigenvalue weighted by molar-refractivity contribution is -0.122. The van der Waals surface area contributed by atoms with Gasteiger partial charge in [-0.3, -0.25) is 58.1 Å². The standard InChI is InChI=1S/C9H7BrN2O3.C9H8N2O3.C8H8N2O3.C8H6N2O3.C6H5Br2N3O.C6H7N3O.C4H2Cl2N2.C4H4ClN3/c1-4(13)7-8(10)12-9-6(11-7)2-5(14)3-15-9;1-5(12)8-3-10-9-7(11-8)2-6(13)4-14-9;2*11-3-5-2-9-8-7(10-5)1-6(12)4-13-8;1-2(12)3-4(7)11-5(8)6(9)10-3;1-4(10)5-2-8-3-6(7)9-5;2*5-3-1-7-2-4(6)8-3/h2-3H2,1H3;3H,2,4H2,1H3;2,11H,1,3-4H2;2-3H,1,4H2;1H3,(H2,9,10);2-3H,1H3,(H2,7,9);1-2H;1-2H,(H2,6,8). The quantitative estimate of drug-likeness (QED) is 0.126. The van der Waals surface area contributed by atoms with Crippen LogP contribution in [0.3, 0.4) is 0 Å². The van der Waals surface area contributed by atoms with Crippen LogP contribution in [0.5, 0.6) is 23.5 Å². The van der Waals surface area contributed by atoms with Crippen molar-refractivity contribution < 1.29 is 67.2 Å². The van der Waals surface area contributed by atoms with Crippen LogP contribution in [0.25, 0.3) is 0 Å². The highest BCUT2D eigenvalue weighted by Crippen LogP contribution is 2.25. The van der Waals surface area contributed by atoms with Gasteiger partial charge in [0, 0.05) is 27.7 Å². The number of rotatable bonds is 6. The van der Waals surface area contributed by atoms with Gasteiger partial charge in [0.05, 0.1) is 93.8 Å². The molecule has 0 spiro atoms. The zero-order valence-electron chi connectivity index (χ0n) is 48.5. The largest absolute Gasteiger partial charge is 0.468 e. The summed E-state index contributed by atoms with van der Waals surface area (Å²) in [4.78, 5) is 160. The number of aldehydes is 1. The molecule has 0 atom stereocenters. The Balaban J connectivity index is 0.000000194. The zero-order chi connectivity index (χ0) is 68.5. The molecule has 0 fully saturated rings. The normalized spacial score (nSPS) is 12.5. The van der Waals surface area contributed by atoms with Gasteiger partial charge in [-0.2, -0.15) is 0 Å². The minimum Gasteiger partial charge on any atom is -0.468 e. The van der Waals surface area contributed by atoms with Crippen LogP contribution < -0.4 is 36.1 Å². The highest BCUT2D eigenvalue weighted by atomic mass is 79.9. The fourth-order valence-electron chi connectivity index (χ4n) is 6.61. The van der Waals surface area contributed by atoms with Gasteiger partial charge in [-0.05, 0) is 47.8 Å². The summed E-state index contributed by atoms with van der Waals surface area (Å²) in [6, 6.07) is 0. The van der Waals surface area contributed by atoms with E-state index in [2.05, 4.69) is 128 Å². The van der Waals surface area contributed by atoms with E-state index in [1.807, 2.05) is 0 Å². The van der Waals surface area contributed by atoms with Crippen LogP contribution in [-0.4, -0.2) is 164 Å². The molecule has 0 aliphatic carbocycles. The van der Waals surface area contributed by atoms with Gasteiger partial charge < -0.3 is 41.3 Å². The van der Waals surface area contributed by atoms with Crippen molar-refractivity contribution in [2.75, 3.05) is 43.6 Å². The molecule has 12 heterocycles. The Morgan fingerprint density at radius 2 is 0.871 bits per heavy atom. The molecule has 93 heavy (non-hydrogen) atoms. The number of nitrogens with two attached hydrogens (primary N) is 3. The molecule has 33 nitrogen and oxygen atoms in total. The van der Waals surface area contributed by atoms with E-state index < -0.39 is 0 Å². The number of hydrogen-bond donors (Lipinski definition) is 4. The summed E-state index contributed by atoms with van der Waals surface area (Å²) in [6.45, 7) is 5.63. The average Bonchev–Trinajstić information content (AvgIpc) is 3.20. The maximum atomic E-state index is 11.2. The molecule has 0 saturated carbocycles. The molecule has 12 rings (SSSR count). The SMILES string of the molecule is CC(=O)c1cnc2c(n1)CC(=O)CO2.CC(=O)c1cncc(N)n1.CC(=O)c1nc(N)c(Br)nc1Br.CC(=O)c1nc2c(nc1Br)OCC(=O)C2.Clc1cncc(Cl)n1.Nc1cncc(Cl)n1.O=C1COc2ncc(CO)nc2C1.O=Cc1cnc2c(n1)CC(=O)CO2. The second kappa shape index (κ2) is 36.5. The van der Waals surface area contributed by atoms with Gasteiger partial charge in [-0.25, -0.2) is 64.8 Å². The highest BCUT2D eigenvalue weighted by molar-refractivity contribution is 9.11. The number of ether oxygens (including phenoxy) is 4. The van der Waals surface area contributed by atoms with E-state index in [4.69, 9.17) is 76.1 Å². The average molecular weight is 1530 g/mol. The van der Waals surface area contributed by atoms with Gasteiger partial charge in [0.1, 0.15) is 119 Å². The molecule has 0 saturated heterocycles. The number of aliphatic hydroxyl groups is 1. The third-order valence-electron chi connectivity index (χ3n) is 10.7. The third kappa shape index (κ3) is 24.6. The van der Waals surface area contributed by atoms with Crippen LogP contribution in [0.1, 0.15) is 109 Å². The molecule has 0 aromatic carbocycles. The van der Waals surface area contributed by atoms with Crippen molar-refractivity contribution in [1.82, 2.24) is 79.7 Å². The zero-order valence-corrected chi connectivity index (χ0v) is 55.6. The Kier molecular flexibility index (Phi) is 29.2. The second-order valence-corrected chi connectivity index (χ2v) is 21.5. The number of halogens is 6. The van der Waals surface area contributed by atoms with E-state index in [1.165, 1.54) is 83.5 Å². The summed E-state index contributed by atoms with van der Waals surface area (Å²) in [7, 11) is 0. The Morgan fingerprint density at radius 1 is 0.462 bits per heavy atom. The van der Waals surface area contributed by atoms with Crippen molar-refractivity contribution >= 4 is 153 Å². The van der Waals surface area contributed by atoms with E-state index >= 15 is 0 Å². The van der Waals surface area contributed by atoms with Crippen molar-refractivity contribution in [3.05, 3.63) is 142 Å². The molecule has 4 aliphatic heterocycles. The van der Waals surface area contributed by atoms with Crippen molar-refractivity contribution in [3.8, 4) is 23.5 Å². The first kappa shape index (κ1) is 74.3. The number of ketones is 8. The minimum atomic E-state index is -0.199. The molecule has 0 unspecified atom stereocenters. The third-order valence-corrected chi connectivity index (χ3v) is 12.9. The van der Waals surface area contributed by atoms with Gasteiger partial charge >= 0.3 is 0 Å². The molecular weight excluding hydrogens is 1480 g/mol. The van der Waals surface area contributed by atoms with Crippen LogP contribution in [0.2, 0.25) is 15.5 Å². The fraction of sp³-hybridized carbons (Fsp3) is 0.241. The fourth-order valence-corrected chi connectivity index (χ4v) is 8.68. The van der Waals surface area contributed by atoms with Crippen LogP contribution in [0.4, 0.5) is 17.5 Å². The molecule has 39 heteroatoms. The van der Waals surface area contributed by atoms with Crippen molar-refractivity contribution in [2.24, 2.45) is 0 Å². The Labute approximate surface area is 565 Å². The number of hydrogen-bond acceptors (Lipinski definition) is 33. The Bertz CT molecular complexity index is 4050. The summed E-state index contributed by atoms with van der Waals surface area (Å²) >= 11 is 25.5.